The topological polar surface area (TPSA) is 47.0 Å². The van der Waals surface area contributed by atoms with Crippen molar-refractivity contribution in [1.82, 2.24) is 4.98 Å². The number of allylic oxidation sites excluding steroid dienone is 1. The summed E-state index contributed by atoms with van der Waals surface area (Å²) in [5.41, 5.74) is 4.34. The normalized spacial score (nSPS) is 26.7. The van der Waals surface area contributed by atoms with Crippen molar-refractivity contribution in [2.24, 2.45) is 0 Å². The van der Waals surface area contributed by atoms with Gasteiger partial charge in [0.25, 0.3) is 0 Å². The fourth-order valence-corrected chi connectivity index (χ4v) is 5.95. The van der Waals surface area contributed by atoms with Gasteiger partial charge in [0.1, 0.15) is 0 Å². The fourth-order valence-electron chi connectivity index (χ4n) is 3.70. The Balaban J connectivity index is 1.79. The summed E-state index contributed by atoms with van der Waals surface area (Å²) < 4.78 is 24.7. The first-order chi connectivity index (χ1) is 10.5. The van der Waals surface area contributed by atoms with Gasteiger partial charge < -0.3 is 0 Å². The molecule has 2 aliphatic rings. The Morgan fingerprint density at radius 3 is 2.82 bits per heavy atom. The van der Waals surface area contributed by atoms with E-state index in [1.54, 1.807) is 0 Å². The molecule has 2 unspecified atom stereocenters. The summed E-state index contributed by atoms with van der Waals surface area (Å²) in [5, 5.41) is 0.655. The van der Waals surface area contributed by atoms with Crippen molar-refractivity contribution in [3.05, 3.63) is 47.7 Å². The van der Waals surface area contributed by atoms with E-state index in [0.717, 1.165) is 41.4 Å². The SMILES string of the molecule is Cc1ccc2cc(C3=CC4CCCC(C3)S4(=O)=O)ccc2n1. The standard InChI is InChI=1S/C18H19NO2S/c1-12-5-6-14-9-13(7-8-18(14)19-12)15-10-16-3-2-4-17(11-15)22(16,20)21/h5-10,16-17H,2-4,11H2,1H3. The molecule has 1 fully saturated rings. The molecular weight excluding hydrogens is 294 g/mol. The minimum atomic E-state index is -2.94. The molecule has 2 aromatic rings. The quantitative estimate of drug-likeness (QED) is 0.807. The van der Waals surface area contributed by atoms with Crippen LogP contribution in [0.5, 0.6) is 0 Å². The van der Waals surface area contributed by atoms with Crippen LogP contribution in [0.15, 0.2) is 36.4 Å². The predicted octanol–water partition coefficient (Wildman–Crippen LogP) is 3.67. The van der Waals surface area contributed by atoms with Gasteiger partial charge in [0.15, 0.2) is 9.84 Å². The molecule has 114 valence electrons. The van der Waals surface area contributed by atoms with Crippen molar-refractivity contribution in [2.75, 3.05) is 0 Å². The number of aromatic nitrogens is 1. The van der Waals surface area contributed by atoms with Crippen LogP contribution in [0, 0.1) is 6.92 Å². The van der Waals surface area contributed by atoms with Gasteiger partial charge in [-0.3, -0.25) is 4.98 Å². The van der Waals surface area contributed by atoms with Gasteiger partial charge in [-0.1, -0.05) is 24.6 Å². The number of aryl methyl sites for hydroxylation is 1. The lowest BCUT2D eigenvalue weighted by atomic mass is 9.92. The van der Waals surface area contributed by atoms with Crippen LogP contribution >= 0.6 is 0 Å². The highest BCUT2D eigenvalue weighted by molar-refractivity contribution is 7.93. The van der Waals surface area contributed by atoms with Crippen molar-refractivity contribution in [2.45, 2.75) is 43.1 Å². The molecule has 3 nitrogen and oxygen atoms in total. The molecule has 1 aromatic heterocycles. The zero-order chi connectivity index (χ0) is 15.3. The number of rotatable bonds is 1. The molecule has 2 atom stereocenters. The Morgan fingerprint density at radius 1 is 1.14 bits per heavy atom. The number of hydrogen-bond donors (Lipinski definition) is 0. The first-order valence-corrected chi connectivity index (χ1v) is 9.46. The average molecular weight is 313 g/mol. The van der Waals surface area contributed by atoms with Crippen molar-refractivity contribution in [1.29, 1.82) is 0 Å². The number of nitrogens with zero attached hydrogens (tertiary/aromatic N) is 1. The molecule has 0 amide bonds. The molecule has 4 heteroatoms. The molecule has 0 aliphatic carbocycles. The third-order valence-corrected chi connectivity index (χ3v) is 7.48. The van der Waals surface area contributed by atoms with E-state index >= 15 is 0 Å². The summed E-state index contributed by atoms with van der Waals surface area (Å²) in [4.78, 5) is 4.53. The lowest BCUT2D eigenvalue weighted by molar-refractivity contribution is 0.518. The fraction of sp³-hybridized carbons (Fsp3) is 0.389. The van der Waals surface area contributed by atoms with Crippen LogP contribution in [0.1, 0.15) is 36.9 Å². The first kappa shape index (κ1) is 13.9. The largest absolute Gasteiger partial charge is 0.253 e. The van der Waals surface area contributed by atoms with Crippen molar-refractivity contribution in [3.63, 3.8) is 0 Å². The average Bonchev–Trinajstić information content (AvgIpc) is 2.45. The summed E-state index contributed by atoms with van der Waals surface area (Å²) in [7, 11) is -2.94. The lowest BCUT2D eigenvalue weighted by Crippen LogP contribution is -2.38. The number of fused-ring (bicyclic) bond motifs is 3. The van der Waals surface area contributed by atoms with Crippen molar-refractivity contribution in [3.8, 4) is 0 Å². The van der Waals surface area contributed by atoms with Crippen LogP contribution in [0.3, 0.4) is 0 Å². The van der Waals surface area contributed by atoms with Crippen LogP contribution in [-0.2, 0) is 9.84 Å². The van der Waals surface area contributed by atoms with Crippen LogP contribution in [0.25, 0.3) is 16.5 Å². The van der Waals surface area contributed by atoms with Crippen molar-refractivity contribution < 1.29 is 8.42 Å². The molecule has 0 N–H and O–H groups in total. The van der Waals surface area contributed by atoms with Gasteiger partial charge >= 0.3 is 0 Å². The van der Waals surface area contributed by atoms with Gasteiger partial charge in [-0.05, 0) is 55.5 Å². The Hall–Kier alpha value is -1.68. The van der Waals surface area contributed by atoms with E-state index in [9.17, 15) is 8.42 Å². The van der Waals surface area contributed by atoms with Gasteiger partial charge in [0.05, 0.1) is 16.0 Å². The molecule has 1 aromatic carbocycles. The number of sulfone groups is 1. The van der Waals surface area contributed by atoms with Crippen LogP contribution < -0.4 is 0 Å². The molecule has 2 aliphatic heterocycles. The molecular formula is C18H19NO2S. The minimum Gasteiger partial charge on any atom is -0.253 e. The van der Waals surface area contributed by atoms with E-state index in [1.807, 2.05) is 25.1 Å². The molecule has 4 rings (SSSR count). The van der Waals surface area contributed by atoms with E-state index in [0.29, 0.717) is 6.42 Å². The number of hydrogen-bond acceptors (Lipinski definition) is 3. The maximum atomic E-state index is 12.4. The molecule has 2 bridgehead atoms. The Kier molecular flexibility index (Phi) is 3.12. The highest BCUT2D eigenvalue weighted by atomic mass is 32.2. The smallest absolute Gasteiger partial charge is 0.159 e. The number of pyridine rings is 1. The summed E-state index contributed by atoms with van der Waals surface area (Å²) in [5.74, 6) is 0. The second kappa shape index (κ2) is 4.92. The highest BCUT2D eigenvalue weighted by Crippen LogP contribution is 2.39. The van der Waals surface area contributed by atoms with E-state index in [2.05, 4.69) is 23.2 Å². The first-order valence-electron chi connectivity index (χ1n) is 7.85. The molecule has 0 saturated carbocycles. The molecule has 3 heterocycles. The lowest BCUT2D eigenvalue weighted by Gasteiger charge is -2.33. The zero-order valence-electron chi connectivity index (χ0n) is 12.6. The Morgan fingerprint density at radius 2 is 2.00 bits per heavy atom. The third kappa shape index (κ3) is 2.17. The number of benzene rings is 1. The Bertz CT molecular complexity index is 883. The molecule has 0 radical (unpaired) electrons. The van der Waals surface area contributed by atoms with Crippen LogP contribution in [0.4, 0.5) is 0 Å². The Labute approximate surface area is 131 Å². The van der Waals surface area contributed by atoms with Crippen LogP contribution in [-0.4, -0.2) is 23.9 Å². The molecule has 0 spiro atoms. The van der Waals surface area contributed by atoms with E-state index in [1.165, 1.54) is 5.57 Å². The monoisotopic (exact) mass is 313 g/mol. The van der Waals surface area contributed by atoms with Crippen LogP contribution in [0.2, 0.25) is 0 Å². The minimum absolute atomic E-state index is 0.182. The summed E-state index contributed by atoms with van der Waals surface area (Å²) in [6, 6.07) is 10.4. The second-order valence-corrected chi connectivity index (χ2v) is 8.89. The summed E-state index contributed by atoms with van der Waals surface area (Å²) in [6.45, 7) is 1.99. The highest BCUT2D eigenvalue weighted by Gasteiger charge is 2.40. The zero-order valence-corrected chi connectivity index (χ0v) is 13.4. The van der Waals surface area contributed by atoms with Gasteiger partial charge in [-0.15, -0.1) is 0 Å². The predicted molar refractivity (Wildman–Crippen MR) is 89.4 cm³/mol. The van der Waals surface area contributed by atoms with E-state index in [-0.39, 0.29) is 10.5 Å². The summed E-state index contributed by atoms with van der Waals surface area (Å²) >= 11 is 0. The maximum Gasteiger partial charge on any atom is 0.159 e. The molecule has 1 saturated heterocycles. The van der Waals surface area contributed by atoms with Gasteiger partial charge in [-0.25, -0.2) is 8.42 Å². The van der Waals surface area contributed by atoms with Gasteiger partial charge in [0, 0.05) is 11.1 Å². The molecule has 22 heavy (non-hydrogen) atoms. The second-order valence-electron chi connectivity index (χ2n) is 6.44. The third-order valence-electron chi connectivity index (χ3n) is 4.94. The van der Waals surface area contributed by atoms with Gasteiger partial charge in [-0.2, -0.15) is 0 Å². The van der Waals surface area contributed by atoms with Gasteiger partial charge in [0.2, 0.25) is 0 Å². The summed E-state index contributed by atoms with van der Waals surface area (Å²) in [6.07, 6.45) is 5.26. The maximum absolute atomic E-state index is 12.4. The van der Waals surface area contributed by atoms with E-state index in [4.69, 9.17) is 0 Å². The van der Waals surface area contributed by atoms with E-state index < -0.39 is 9.84 Å². The van der Waals surface area contributed by atoms with Crippen molar-refractivity contribution >= 4 is 26.3 Å².